The maximum Gasteiger partial charge on any atom is 0.135 e. The summed E-state index contributed by atoms with van der Waals surface area (Å²) in [5.41, 5.74) is 0. The summed E-state index contributed by atoms with van der Waals surface area (Å²) in [6.45, 7) is 3.36. The molecule has 98 valence electrons. The minimum atomic E-state index is 0.552. The molecule has 2 atom stereocenters. The van der Waals surface area contributed by atoms with E-state index in [2.05, 4.69) is 22.2 Å². The Hall–Kier alpha value is -0.830. The van der Waals surface area contributed by atoms with Gasteiger partial charge in [-0.2, -0.15) is 0 Å². The smallest absolute Gasteiger partial charge is 0.135 e. The van der Waals surface area contributed by atoms with E-state index in [-0.39, 0.29) is 0 Å². The highest BCUT2D eigenvalue weighted by Crippen LogP contribution is 2.38. The highest BCUT2D eigenvalue weighted by atomic mass is 35.5. The summed E-state index contributed by atoms with van der Waals surface area (Å²) < 4.78 is 0. The van der Waals surface area contributed by atoms with Gasteiger partial charge in [0.05, 0.1) is 0 Å². The highest BCUT2D eigenvalue weighted by molar-refractivity contribution is 6.29. The van der Waals surface area contributed by atoms with Gasteiger partial charge in [0.2, 0.25) is 0 Å². The molecule has 1 heterocycles. The molecule has 0 bridgehead atoms. The van der Waals surface area contributed by atoms with Crippen LogP contribution in [-0.4, -0.2) is 16.5 Å². The second kappa shape index (κ2) is 5.04. The third kappa shape index (κ3) is 2.94. The van der Waals surface area contributed by atoms with Crippen molar-refractivity contribution in [3.63, 3.8) is 0 Å². The van der Waals surface area contributed by atoms with Gasteiger partial charge in [0, 0.05) is 18.5 Å². The fraction of sp³-hybridized carbons (Fsp3) is 0.714. The second-order valence-corrected chi connectivity index (χ2v) is 6.26. The number of nitrogens with zero attached hydrogens (tertiary/aromatic N) is 2. The second-order valence-electron chi connectivity index (χ2n) is 5.87. The van der Waals surface area contributed by atoms with Crippen LogP contribution in [0.25, 0.3) is 0 Å². The van der Waals surface area contributed by atoms with Gasteiger partial charge in [0.1, 0.15) is 16.8 Å². The first kappa shape index (κ1) is 12.2. The van der Waals surface area contributed by atoms with Crippen molar-refractivity contribution < 1.29 is 0 Å². The Bertz CT molecular complexity index is 431. The molecule has 1 aromatic heterocycles. The first-order chi connectivity index (χ1) is 8.70. The van der Waals surface area contributed by atoms with Crippen LogP contribution in [0, 0.1) is 11.8 Å². The van der Waals surface area contributed by atoms with E-state index in [4.69, 9.17) is 11.6 Å². The summed E-state index contributed by atoms with van der Waals surface area (Å²) in [6, 6.07) is 1.84. The first-order valence-corrected chi connectivity index (χ1v) is 7.37. The Morgan fingerprint density at radius 3 is 2.78 bits per heavy atom. The molecular weight excluding hydrogens is 246 g/mol. The van der Waals surface area contributed by atoms with E-state index in [0.29, 0.717) is 11.1 Å². The number of hydrogen-bond acceptors (Lipinski definition) is 3. The summed E-state index contributed by atoms with van der Waals surface area (Å²) in [5, 5.41) is 4.00. The van der Waals surface area contributed by atoms with E-state index < -0.39 is 0 Å². The molecule has 2 saturated carbocycles. The Labute approximate surface area is 113 Å². The molecule has 1 N–H and O–H groups in total. The quantitative estimate of drug-likeness (QED) is 0.840. The zero-order valence-electron chi connectivity index (χ0n) is 10.8. The summed E-state index contributed by atoms with van der Waals surface area (Å²) in [5.74, 6) is 4.04. The van der Waals surface area contributed by atoms with Crippen molar-refractivity contribution >= 4 is 17.4 Å². The maximum absolute atomic E-state index is 6.05. The topological polar surface area (TPSA) is 37.8 Å². The van der Waals surface area contributed by atoms with E-state index in [0.717, 1.165) is 30.0 Å². The summed E-state index contributed by atoms with van der Waals surface area (Å²) in [4.78, 5) is 8.87. The third-order valence-corrected chi connectivity index (χ3v) is 4.22. The molecule has 2 fully saturated rings. The zero-order valence-corrected chi connectivity index (χ0v) is 11.6. The van der Waals surface area contributed by atoms with Gasteiger partial charge in [-0.25, -0.2) is 9.97 Å². The van der Waals surface area contributed by atoms with Gasteiger partial charge in [-0.05, 0) is 37.5 Å². The van der Waals surface area contributed by atoms with Gasteiger partial charge >= 0.3 is 0 Å². The lowest BCUT2D eigenvalue weighted by molar-refractivity contribution is 0.536. The Balaban J connectivity index is 1.61. The Morgan fingerprint density at radius 1 is 1.28 bits per heavy atom. The lowest BCUT2D eigenvalue weighted by Crippen LogP contribution is -2.13. The summed E-state index contributed by atoms with van der Waals surface area (Å²) in [6.07, 6.45) is 6.45. The molecule has 0 spiro atoms. The fourth-order valence-corrected chi connectivity index (χ4v) is 3.00. The van der Waals surface area contributed by atoms with Crippen molar-refractivity contribution in [2.24, 2.45) is 11.8 Å². The molecule has 0 radical (unpaired) electrons. The lowest BCUT2D eigenvalue weighted by atomic mass is 10.1. The van der Waals surface area contributed by atoms with Crippen LogP contribution in [0.4, 0.5) is 5.82 Å². The normalized spacial score (nSPS) is 27.4. The molecule has 0 saturated heterocycles. The van der Waals surface area contributed by atoms with Crippen LogP contribution in [-0.2, 0) is 0 Å². The van der Waals surface area contributed by atoms with Crippen molar-refractivity contribution in [3.8, 4) is 0 Å². The van der Waals surface area contributed by atoms with Crippen LogP contribution < -0.4 is 5.32 Å². The number of hydrogen-bond donors (Lipinski definition) is 1. The highest BCUT2D eigenvalue weighted by Gasteiger charge is 2.27. The lowest BCUT2D eigenvalue weighted by Gasteiger charge is -2.12. The summed E-state index contributed by atoms with van der Waals surface area (Å²) >= 11 is 6.05. The molecule has 0 aliphatic heterocycles. The third-order valence-electron chi connectivity index (χ3n) is 4.03. The number of halogens is 1. The van der Waals surface area contributed by atoms with Crippen molar-refractivity contribution in [2.75, 3.05) is 11.9 Å². The Morgan fingerprint density at radius 2 is 2.11 bits per heavy atom. The predicted molar refractivity (Wildman–Crippen MR) is 74.0 cm³/mol. The van der Waals surface area contributed by atoms with E-state index >= 15 is 0 Å². The van der Waals surface area contributed by atoms with Crippen LogP contribution in [0.5, 0.6) is 0 Å². The minimum Gasteiger partial charge on any atom is -0.370 e. The molecule has 1 aromatic rings. The first-order valence-electron chi connectivity index (χ1n) is 6.99. The average Bonchev–Trinajstić information content (AvgIpc) is 3.10. The molecule has 2 unspecified atom stereocenters. The molecular formula is C14H20ClN3. The SMILES string of the molecule is CC1CCC(CNc2cc(Cl)nc(C3CC3)n2)C1. The average molecular weight is 266 g/mol. The van der Waals surface area contributed by atoms with Crippen molar-refractivity contribution in [1.29, 1.82) is 0 Å². The molecule has 0 aromatic carbocycles. The van der Waals surface area contributed by atoms with E-state index in [1.807, 2.05) is 6.07 Å². The largest absolute Gasteiger partial charge is 0.370 e. The Kier molecular flexibility index (Phi) is 3.42. The van der Waals surface area contributed by atoms with Crippen molar-refractivity contribution in [1.82, 2.24) is 9.97 Å². The molecule has 2 aliphatic rings. The van der Waals surface area contributed by atoms with Crippen LogP contribution in [0.1, 0.15) is 50.8 Å². The number of aromatic nitrogens is 2. The zero-order chi connectivity index (χ0) is 12.5. The molecule has 3 rings (SSSR count). The van der Waals surface area contributed by atoms with Crippen LogP contribution in [0.2, 0.25) is 5.15 Å². The molecule has 0 amide bonds. The van der Waals surface area contributed by atoms with Crippen LogP contribution in [0.3, 0.4) is 0 Å². The van der Waals surface area contributed by atoms with Gasteiger partial charge in [-0.15, -0.1) is 0 Å². The standard InChI is InChI=1S/C14H20ClN3/c1-9-2-3-10(6-9)8-16-13-7-12(15)17-14(18-13)11-4-5-11/h7,9-11H,2-6,8H2,1H3,(H,16,17,18). The predicted octanol–water partition coefficient (Wildman–Crippen LogP) is 3.86. The van der Waals surface area contributed by atoms with Gasteiger partial charge in [0.15, 0.2) is 0 Å². The van der Waals surface area contributed by atoms with Crippen LogP contribution in [0.15, 0.2) is 6.07 Å². The number of rotatable bonds is 4. The van der Waals surface area contributed by atoms with Gasteiger partial charge < -0.3 is 5.32 Å². The molecule has 3 nitrogen and oxygen atoms in total. The monoisotopic (exact) mass is 265 g/mol. The van der Waals surface area contributed by atoms with E-state index in [1.54, 1.807) is 0 Å². The number of anilines is 1. The van der Waals surface area contributed by atoms with Crippen LogP contribution >= 0.6 is 11.6 Å². The maximum atomic E-state index is 6.05. The summed E-state index contributed by atoms with van der Waals surface area (Å²) in [7, 11) is 0. The van der Waals surface area contributed by atoms with Crippen molar-refractivity contribution in [2.45, 2.75) is 44.9 Å². The van der Waals surface area contributed by atoms with Gasteiger partial charge in [-0.1, -0.05) is 24.9 Å². The number of nitrogens with one attached hydrogen (secondary N) is 1. The fourth-order valence-electron chi connectivity index (χ4n) is 2.81. The van der Waals surface area contributed by atoms with E-state index in [1.165, 1.54) is 32.1 Å². The van der Waals surface area contributed by atoms with Gasteiger partial charge in [0.25, 0.3) is 0 Å². The molecule has 2 aliphatic carbocycles. The van der Waals surface area contributed by atoms with Gasteiger partial charge in [-0.3, -0.25) is 0 Å². The minimum absolute atomic E-state index is 0.552. The molecule has 18 heavy (non-hydrogen) atoms. The molecule has 4 heteroatoms. The van der Waals surface area contributed by atoms with E-state index in [9.17, 15) is 0 Å². The van der Waals surface area contributed by atoms with Crippen molar-refractivity contribution in [3.05, 3.63) is 17.0 Å².